The smallest absolute Gasteiger partial charge is 0.475 e. The van der Waals surface area contributed by atoms with Crippen LogP contribution in [-0.2, 0) is 11.8 Å². The number of hydrogen-bond donors (Lipinski definition) is 3. The summed E-state index contributed by atoms with van der Waals surface area (Å²) in [5, 5.41) is 19.2. The number of carboxylic acid groups (broad SMARTS) is 1. The number of halogens is 4. The van der Waals surface area contributed by atoms with Gasteiger partial charge in [0.2, 0.25) is 0 Å². The second-order valence-electron chi connectivity index (χ2n) is 8.37. The molecular formula is C23H21ClF3N9O3. The third-order valence-electron chi connectivity index (χ3n) is 5.65. The van der Waals surface area contributed by atoms with Gasteiger partial charge in [-0.15, -0.1) is 5.10 Å². The Kier molecular flexibility index (Phi) is 7.19. The molecule has 0 saturated heterocycles. The fourth-order valence-corrected chi connectivity index (χ4v) is 4.19. The van der Waals surface area contributed by atoms with Gasteiger partial charge in [0.05, 0.1) is 34.7 Å². The van der Waals surface area contributed by atoms with Crippen molar-refractivity contribution in [1.82, 2.24) is 39.1 Å². The lowest BCUT2D eigenvalue weighted by atomic mass is 10.0. The highest BCUT2D eigenvalue weighted by Crippen LogP contribution is 2.34. The van der Waals surface area contributed by atoms with Crippen LogP contribution in [0.25, 0.3) is 22.4 Å². The highest BCUT2D eigenvalue weighted by molar-refractivity contribution is 6.34. The predicted octanol–water partition coefficient (Wildman–Crippen LogP) is 3.45. The molecule has 5 rings (SSSR count). The number of nitrogens with one attached hydrogen (secondary N) is 1. The number of carbonyl (C=O) groups excluding carboxylic acids is 1. The summed E-state index contributed by atoms with van der Waals surface area (Å²) < 4.78 is 36.9. The highest BCUT2D eigenvalue weighted by atomic mass is 35.5. The molecule has 0 fully saturated rings. The van der Waals surface area contributed by atoms with Gasteiger partial charge in [0, 0.05) is 36.8 Å². The van der Waals surface area contributed by atoms with Crippen LogP contribution in [0.3, 0.4) is 0 Å². The monoisotopic (exact) mass is 563 g/mol. The number of aliphatic carboxylic acids is 1. The van der Waals surface area contributed by atoms with Crippen LogP contribution >= 0.6 is 11.6 Å². The largest absolute Gasteiger partial charge is 0.490 e. The van der Waals surface area contributed by atoms with Gasteiger partial charge in [0.1, 0.15) is 11.4 Å². The molecule has 16 heteroatoms. The van der Waals surface area contributed by atoms with Crippen LogP contribution in [0.5, 0.6) is 0 Å². The van der Waals surface area contributed by atoms with E-state index in [1.165, 1.54) is 4.52 Å². The van der Waals surface area contributed by atoms with Crippen LogP contribution in [0.1, 0.15) is 34.7 Å². The van der Waals surface area contributed by atoms with Gasteiger partial charge >= 0.3 is 12.1 Å². The molecule has 0 saturated carbocycles. The standard InChI is InChI=1S/C21H20ClN9O.C2HF3O2/c1-11(27-21(32)17-19(23)28-30-6-4-5-24-20(17)30)14-7-15(22)16-9-25-12(2)31(16)18(14)13-8-26-29(3)10-13;3-2(4,5)1(6)7/h4-11H,1-3H3,(H2,23,28)(H,27,32);(H,6,7). The quantitative estimate of drug-likeness (QED) is 0.300. The number of anilines is 1. The summed E-state index contributed by atoms with van der Waals surface area (Å²) >= 11 is 6.59. The molecule has 12 nitrogen and oxygen atoms in total. The number of alkyl halides is 3. The Bertz CT molecular complexity index is 1710. The molecule has 204 valence electrons. The van der Waals surface area contributed by atoms with Crippen molar-refractivity contribution in [2.45, 2.75) is 26.1 Å². The Morgan fingerprint density at radius 1 is 1.23 bits per heavy atom. The van der Waals surface area contributed by atoms with Crippen LogP contribution in [-0.4, -0.2) is 56.9 Å². The van der Waals surface area contributed by atoms with Crippen LogP contribution in [0.4, 0.5) is 19.0 Å². The van der Waals surface area contributed by atoms with E-state index in [0.717, 1.165) is 28.2 Å². The van der Waals surface area contributed by atoms with Crippen LogP contribution in [0.15, 0.2) is 43.1 Å². The van der Waals surface area contributed by atoms with E-state index in [1.54, 1.807) is 35.5 Å². The number of aromatic nitrogens is 7. The maximum Gasteiger partial charge on any atom is 0.490 e. The molecule has 0 bridgehead atoms. The second-order valence-corrected chi connectivity index (χ2v) is 8.78. The van der Waals surface area contributed by atoms with Crippen molar-refractivity contribution in [2.24, 2.45) is 7.05 Å². The molecular weight excluding hydrogens is 543 g/mol. The summed E-state index contributed by atoms with van der Waals surface area (Å²) in [6.07, 6.45) is 3.61. The Morgan fingerprint density at radius 3 is 2.54 bits per heavy atom. The lowest BCUT2D eigenvalue weighted by Crippen LogP contribution is -2.28. The molecule has 1 unspecified atom stereocenters. The molecule has 0 aliphatic rings. The normalized spacial score (nSPS) is 12.3. The number of carbonyl (C=O) groups is 2. The molecule has 1 amide bonds. The number of aryl methyl sites for hydroxylation is 2. The van der Waals surface area contributed by atoms with Crippen LogP contribution < -0.4 is 11.1 Å². The van der Waals surface area contributed by atoms with Gasteiger partial charge in [0.15, 0.2) is 11.5 Å². The Morgan fingerprint density at radius 2 is 1.92 bits per heavy atom. The summed E-state index contributed by atoms with van der Waals surface area (Å²) in [4.78, 5) is 30.8. The van der Waals surface area contributed by atoms with Crippen molar-refractivity contribution in [3.63, 3.8) is 0 Å². The van der Waals surface area contributed by atoms with E-state index in [4.69, 9.17) is 27.2 Å². The van der Waals surface area contributed by atoms with E-state index in [0.29, 0.717) is 10.7 Å². The van der Waals surface area contributed by atoms with Gasteiger partial charge in [-0.25, -0.2) is 19.3 Å². The Balaban J connectivity index is 0.000000448. The van der Waals surface area contributed by atoms with Crippen LogP contribution in [0.2, 0.25) is 5.02 Å². The number of imidazole rings is 1. The third kappa shape index (κ3) is 5.34. The molecule has 5 aromatic heterocycles. The summed E-state index contributed by atoms with van der Waals surface area (Å²) in [6.45, 7) is 3.79. The molecule has 0 spiro atoms. The lowest BCUT2D eigenvalue weighted by molar-refractivity contribution is -0.192. The zero-order chi connectivity index (χ0) is 28.6. The van der Waals surface area contributed by atoms with Crippen molar-refractivity contribution >= 4 is 40.5 Å². The maximum atomic E-state index is 13.2. The van der Waals surface area contributed by atoms with Crippen molar-refractivity contribution in [3.8, 4) is 11.3 Å². The molecule has 5 aromatic rings. The third-order valence-corrected chi connectivity index (χ3v) is 5.95. The van der Waals surface area contributed by atoms with Crippen molar-refractivity contribution in [2.75, 3.05) is 5.73 Å². The Labute approximate surface area is 222 Å². The van der Waals surface area contributed by atoms with Crippen molar-refractivity contribution in [3.05, 3.63) is 65.1 Å². The topological polar surface area (TPSA) is 158 Å². The first kappa shape index (κ1) is 27.4. The maximum absolute atomic E-state index is 13.2. The molecule has 0 radical (unpaired) electrons. The first-order chi connectivity index (χ1) is 18.3. The van der Waals surface area contributed by atoms with E-state index >= 15 is 0 Å². The minimum Gasteiger partial charge on any atom is -0.475 e. The van der Waals surface area contributed by atoms with Gasteiger partial charge in [0.25, 0.3) is 5.91 Å². The van der Waals surface area contributed by atoms with Gasteiger partial charge < -0.3 is 16.2 Å². The molecule has 4 N–H and O–H groups in total. The summed E-state index contributed by atoms with van der Waals surface area (Å²) in [5.74, 6) is -2.25. The molecule has 39 heavy (non-hydrogen) atoms. The molecule has 1 atom stereocenters. The van der Waals surface area contributed by atoms with E-state index in [1.807, 2.05) is 37.6 Å². The number of hydrogen-bond acceptors (Lipinski definition) is 7. The predicted molar refractivity (Wildman–Crippen MR) is 134 cm³/mol. The van der Waals surface area contributed by atoms with Gasteiger partial charge in [-0.05, 0) is 26.0 Å². The van der Waals surface area contributed by atoms with E-state index < -0.39 is 18.2 Å². The van der Waals surface area contributed by atoms with Crippen molar-refractivity contribution < 1.29 is 27.9 Å². The summed E-state index contributed by atoms with van der Waals surface area (Å²) in [5.41, 5.74) is 9.96. The van der Waals surface area contributed by atoms with Gasteiger partial charge in [-0.2, -0.15) is 18.3 Å². The average Bonchev–Trinajstić information content (AvgIpc) is 3.55. The van der Waals surface area contributed by atoms with E-state index in [-0.39, 0.29) is 17.3 Å². The number of pyridine rings is 1. The molecule has 0 aromatic carbocycles. The Hall–Kier alpha value is -4.66. The van der Waals surface area contributed by atoms with Gasteiger partial charge in [-0.1, -0.05) is 11.6 Å². The van der Waals surface area contributed by atoms with Crippen molar-refractivity contribution in [1.29, 1.82) is 0 Å². The second kappa shape index (κ2) is 10.2. The minimum absolute atomic E-state index is 0.111. The number of nitrogens with zero attached hydrogens (tertiary/aromatic N) is 7. The highest BCUT2D eigenvalue weighted by Gasteiger charge is 2.38. The van der Waals surface area contributed by atoms with E-state index in [2.05, 4.69) is 25.5 Å². The molecule has 5 heterocycles. The summed E-state index contributed by atoms with van der Waals surface area (Å²) in [6, 6.07) is 3.15. The van der Waals surface area contributed by atoms with E-state index in [9.17, 15) is 18.0 Å². The zero-order valence-corrected chi connectivity index (χ0v) is 21.4. The number of amides is 1. The van der Waals surface area contributed by atoms with Gasteiger partial charge in [-0.3, -0.25) is 13.9 Å². The first-order valence-electron chi connectivity index (χ1n) is 11.1. The molecule has 0 aliphatic carbocycles. The minimum atomic E-state index is -5.08. The number of carboxylic acids is 1. The number of nitrogen functional groups attached to an aromatic ring is 1. The lowest BCUT2D eigenvalue weighted by Gasteiger charge is -2.20. The number of rotatable bonds is 4. The fourth-order valence-electron chi connectivity index (χ4n) is 3.94. The zero-order valence-electron chi connectivity index (χ0n) is 20.6. The fraction of sp³-hybridized carbons (Fsp3) is 0.217. The first-order valence-corrected chi connectivity index (χ1v) is 11.5. The molecule has 0 aliphatic heterocycles. The summed E-state index contributed by atoms with van der Waals surface area (Å²) in [7, 11) is 1.85. The SMILES string of the molecule is Cc1ncc2c(Cl)cc(C(C)NC(=O)c3c(N)nn4cccnc34)c(-c3cnn(C)c3)n12.O=C(O)C(F)(F)F. The number of nitrogens with two attached hydrogens (primary N) is 1. The number of fused-ring (bicyclic) bond motifs is 2. The average molecular weight is 564 g/mol. The van der Waals surface area contributed by atoms with Crippen LogP contribution in [0, 0.1) is 6.92 Å².